The van der Waals surface area contributed by atoms with Crippen LogP contribution in [0.2, 0.25) is 0 Å². The Morgan fingerprint density at radius 3 is 2.48 bits per heavy atom. The molecule has 1 unspecified atom stereocenters. The first-order valence-corrected chi connectivity index (χ1v) is 8.01. The van der Waals surface area contributed by atoms with Crippen molar-refractivity contribution in [3.63, 3.8) is 0 Å². The maximum atomic E-state index is 10.7. The number of aromatic nitrogens is 3. The van der Waals surface area contributed by atoms with E-state index in [0.717, 1.165) is 13.0 Å². The van der Waals surface area contributed by atoms with Gasteiger partial charge in [0.1, 0.15) is 6.04 Å². The molecule has 0 saturated carbocycles. The molecule has 6 heteroatoms. The topological polar surface area (TPSA) is 94.0 Å². The molecule has 0 radical (unpaired) electrons. The second-order valence-electron chi connectivity index (χ2n) is 5.60. The highest BCUT2D eigenvalue weighted by Gasteiger charge is 2.14. The van der Waals surface area contributed by atoms with Crippen LogP contribution in [0.15, 0.2) is 6.20 Å². The van der Waals surface area contributed by atoms with Crippen molar-refractivity contribution in [1.82, 2.24) is 15.0 Å². The summed E-state index contributed by atoms with van der Waals surface area (Å²) >= 11 is 0. The Hall–Kier alpha value is -1.43. The van der Waals surface area contributed by atoms with E-state index in [4.69, 9.17) is 10.8 Å². The molecule has 21 heavy (non-hydrogen) atoms. The van der Waals surface area contributed by atoms with Gasteiger partial charge in [-0.1, -0.05) is 57.1 Å². The van der Waals surface area contributed by atoms with Crippen molar-refractivity contribution in [2.24, 2.45) is 5.73 Å². The van der Waals surface area contributed by atoms with Gasteiger partial charge >= 0.3 is 5.97 Å². The summed E-state index contributed by atoms with van der Waals surface area (Å²) in [5.41, 5.74) is 6.11. The average Bonchev–Trinajstić information content (AvgIpc) is 2.89. The number of carbonyl (C=O) groups is 1. The first-order chi connectivity index (χ1) is 10.1. The number of unbranched alkanes of at least 4 members (excludes halogenated alkanes) is 7. The molecule has 1 aromatic heterocycles. The number of carboxylic acid groups (broad SMARTS) is 1. The first kappa shape index (κ1) is 17.6. The summed E-state index contributed by atoms with van der Waals surface area (Å²) in [6, 6.07) is -0.904. The minimum absolute atomic E-state index is 0.229. The Balaban J connectivity index is 2.10. The molecule has 1 heterocycles. The van der Waals surface area contributed by atoms with Gasteiger partial charge in [-0.15, -0.1) is 5.10 Å². The van der Waals surface area contributed by atoms with Crippen LogP contribution in [-0.2, 0) is 17.8 Å². The monoisotopic (exact) mass is 296 g/mol. The molecule has 0 fully saturated rings. The number of hydrogen-bond donors (Lipinski definition) is 2. The Kier molecular flexibility index (Phi) is 8.66. The number of nitrogens with two attached hydrogens (primary N) is 1. The van der Waals surface area contributed by atoms with Crippen LogP contribution in [0.25, 0.3) is 0 Å². The second-order valence-corrected chi connectivity index (χ2v) is 5.60. The highest BCUT2D eigenvalue weighted by molar-refractivity contribution is 5.73. The molecule has 0 aliphatic heterocycles. The lowest BCUT2D eigenvalue weighted by atomic mass is 10.1. The van der Waals surface area contributed by atoms with E-state index in [2.05, 4.69) is 17.2 Å². The lowest BCUT2D eigenvalue weighted by Gasteiger charge is -2.02. The van der Waals surface area contributed by atoms with Gasteiger partial charge in [0.15, 0.2) is 0 Å². The summed E-state index contributed by atoms with van der Waals surface area (Å²) in [5, 5.41) is 16.7. The molecular weight excluding hydrogens is 268 g/mol. The van der Waals surface area contributed by atoms with Crippen molar-refractivity contribution in [3.8, 4) is 0 Å². The fourth-order valence-corrected chi connectivity index (χ4v) is 2.26. The Bertz CT molecular complexity index is 406. The van der Waals surface area contributed by atoms with Gasteiger partial charge in [0.2, 0.25) is 0 Å². The van der Waals surface area contributed by atoms with E-state index in [9.17, 15) is 4.79 Å². The van der Waals surface area contributed by atoms with Crippen LogP contribution >= 0.6 is 0 Å². The molecular formula is C15H28N4O2. The zero-order chi connectivity index (χ0) is 15.5. The van der Waals surface area contributed by atoms with Gasteiger partial charge in [0.05, 0.1) is 5.69 Å². The molecule has 0 saturated heterocycles. The summed E-state index contributed by atoms with van der Waals surface area (Å²) in [6.45, 7) is 3.07. The van der Waals surface area contributed by atoms with Gasteiger partial charge in [-0.05, 0) is 6.42 Å². The molecule has 120 valence electrons. The number of aliphatic carboxylic acids is 1. The molecule has 1 aromatic rings. The Labute approximate surface area is 126 Å². The normalized spacial score (nSPS) is 12.5. The van der Waals surface area contributed by atoms with Crippen molar-refractivity contribution in [2.45, 2.75) is 77.3 Å². The average molecular weight is 296 g/mol. The summed E-state index contributed by atoms with van der Waals surface area (Å²) < 4.78 is 1.78. The third-order valence-electron chi connectivity index (χ3n) is 3.57. The van der Waals surface area contributed by atoms with E-state index >= 15 is 0 Å². The minimum atomic E-state index is -1.01. The molecule has 0 aromatic carbocycles. The van der Waals surface area contributed by atoms with E-state index in [0.29, 0.717) is 5.69 Å². The number of hydrogen-bond acceptors (Lipinski definition) is 4. The largest absolute Gasteiger partial charge is 0.480 e. The third-order valence-corrected chi connectivity index (χ3v) is 3.57. The molecule has 0 spiro atoms. The standard InChI is InChI=1S/C15H28N4O2/c1-2-3-4-5-6-7-8-9-10-19-12-13(17-18-19)11-14(16)15(20)21/h12,14H,2-11,16H2,1H3,(H,20,21). The van der Waals surface area contributed by atoms with Crippen LogP contribution in [0.3, 0.4) is 0 Å². The van der Waals surface area contributed by atoms with Crippen molar-refractivity contribution >= 4 is 5.97 Å². The molecule has 0 aliphatic carbocycles. The van der Waals surface area contributed by atoms with Crippen LogP contribution in [0, 0.1) is 0 Å². The van der Waals surface area contributed by atoms with Gasteiger partial charge in [0.25, 0.3) is 0 Å². The Morgan fingerprint density at radius 1 is 1.24 bits per heavy atom. The van der Waals surface area contributed by atoms with Gasteiger partial charge in [-0.25, -0.2) is 0 Å². The Morgan fingerprint density at radius 2 is 1.86 bits per heavy atom. The van der Waals surface area contributed by atoms with E-state index in [1.54, 1.807) is 10.9 Å². The zero-order valence-electron chi connectivity index (χ0n) is 13.0. The predicted molar refractivity (Wildman–Crippen MR) is 81.9 cm³/mol. The van der Waals surface area contributed by atoms with Gasteiger partial charge in [0, 0.05) is 19.2 Å². The molecule has 1 atom stereocenters. The molecule has 1 rings (SSSR count). The number of aryl methyl sites for hydroxylation is 1. The van der Waals surface area contributed by atoms with E-state index in [1.165, 1.54) is 44.9 Å². The second kappa shape index (κ2) is 10.3. The number of rotatable bonds is 12. The van der Waals surface area contributed by atoms with Crippen molar-refractivity contribution in [3.05, 3.63) is 11.9 Å². The van der Waals surface area contributed by atoms with Crippen LogP contribution in [0.1, 0.15) is 64.0 Å². The first-order valence-electron chi connectivity index (χ1n) is 8.01. The minimum Gasteiger partial charge on any atom is -0.480 e. The highest BCUT2D eigenvalue weighted by atomic mass is 16.4. The highest BCUT2D eigenvalue weighted by Crippen LogP contribution is 2.09. The summed E-state index contributed by atoms with van der Waals surface area (Å²) in [5.74, 6) is -1.01. The van der Waals surface area contributed by atoms with Gasteiger partial charge in [-0.2, -0.15) is 0 Å². The maximum Gasteiger partial charge on any atom is 0.320 e. The summed E-state index contributed by atoms with van der Waals surface area (Å²) in [6.07, 6.45) is 12.2. The summed E-state index contributed by atoms with van der Waals surface area (Å²) in [7, 11) is 0. The SMILES string of the molecule is CCCCCCCCCCn1cc(CC(N)C(=O)O)nn1. The van der Waals surface area contributed by atoms with E-state index in [-0.39, 0.29) is 6.42 Å². The fraction of sp³-hybridized carbons (Fsp3) is 0.800. The molecule has 0 amide bonds. The van der Waals surface area contributed by atoms with Gasteiger partial charge < -0.3 is 10.8 Å². The molecule has 0 aliphatic rings. The van der Waals surface area contributed by atoms with Crippen LogP contribution in [0.5, 0.6) is 0 Å². The maximum absolute atomic E-state index is 10.7. The molecule has 3 N–H and O–H groups in total. The van der Waals surface area contributed by atoms with Crippen molar-refractivity contribution in [2.75, 3.05) is 0 Å². The van der Waals surface area contributed by atoms with Crippen LogP contribution in [0.4, 0.5) is 0 Å². The lowest BCUT2D eigenvalue weighted by Crippen LogP contribution is -2.32. The van der Waals surface area contributed by atoms with Crippen LogP contribution in [-0.4, -0.2) is 32.1 Å². The molecule has 0 bridgehead atoms. The van der Waals surface area contributed by atoms with E-state index in [1.807, 2.05) is 0 Å². The van der Waals surface area contributed by atoms with Crippen LogP contribution < -0.4 is 5.73 Å². The summed E-state index contributed by atoms with van der Waals surface area (Å²) in [4.78, 5) is 10.7. The molecule has 6 nitrogen and oxygen atoms in total. The number of carboxylic acids is 1. The smallest absolute Gasteiger partial charge is 0.320 e. The van der Waals surface area contributed by atoms with Crippen molar-refractivity contribution < 1.29 is 9.90 Å². The quantitative estimate of drug-likeness (QED) is 0.577. The van der Waals surface area contributed by atoms with E-state index < -0.39 is 12.0 Å². The zero-order valence-corrected chi connectivity index (χ0v) is 13.0. The van der Waals surface area contributed by atoms with Crippen molar-refractivity contribution in [1.29, 1.82) is 0 Å². The fourth-order valence-electron chi connectivity index (χ4n) is 2.26. The predicted octanol–water partition coefficient (Wildman–Crippen LogP) is 2.37. The third kappa shape index (κ3) is 7.80. The number of nitrogens with zero attached hydrogens (tertiary/aromatic N) is 3. The van der Waals surface area contributed by atoms with Gasteiger partial charge in [-0.3, -0.25) is 9.48 Å². The lowest BCUT2D eigenvalue weighted by molar-refractivity contribution is -0.138.